The van der Waals surface area contributed by atoms with Gasteiger partial charge in [-0.3, -0.25) is 4.79 Å². The summed E-state index contributed by atoms with van der Waals surface area (Å²) in [4.78, 5) is 12.3. The third kappa shape index (κ3) is 4.36. The fourth-order valence-corrected chi connectivity index (χ4v) is 3.64. The Morgan fingerprint density at radius 3 is 2.33 bits per heavy atom. The third-order valence-electron chi connectivity index (χ3n) is 3.83. The van der Waals surface area contributed by atoms with E-state index in [4.69, 9.17) is 11.6 Å². The normalized spacial score (nSPS) is 12.7. The van der Waals surface area contributed by atoms with E-state index in [2.05, 4.69) is 12.2 Å². The molecular weight excluding hydrogens is 346 g/mol. The minimum Gasteiger partial charge on any atom is -0.346 e. The Balaban J connectivity index is 2.20. The molecule has 2 rings (SSSR count). The summed E-state index contributed by atoms with van der Waals surface area (Å²) in [6.45, 7) is 3.96. The summed E-state index contributed by atoms with van der Waals surface area (Å²) in [5, 5.41) is 2.98. The first-order valence-corrected chi connectivity index (χ1v) is 9.88. The molecule has 0 saturated heterocycles. The molecule has 0 aliphatic carbocycles. The van der Waals surface area contributed by atoms with Gasteiger partial charge in [0.1, 0.15) is 0 Å². The van der Waals surface area contributed by atoms with E-state index in [0.717, 1.165) is 18.2 Å². The van der Waals surface area contributed by atoms with E-state index in [0.29, 0.717) is 0 Å². The minimum atomic E-state index is -3.49. The summed E-state index contributed by atoms with van der Waals surface area (Å²) in [6, 6.07) is 12.1. The lowest BCUT2D eigenvalue weighted by Gasteiger charge is -2.15. The van der Waals surface area contributed by atoms with Gasteiger partial charge in [-0.15, -0.1) is 0 Å². The second-order valence-electron chi connectivity index (χ2n) is 5.71. The molecule has 2 aromatic rings. The first-order valence-electron chi connectivity index (χ1n) is 7.61. The average Bonchev–Trinajstić information content (AvgIpc) is 2.54. The Hall–Kier alpha value is -1.85. The molecular formula is C18H20ClNO3S. The topological polar surface area (TPSA) is 63.2 Å². The van der Waals surface area contributed by atoms with Crippen LogP contribution in [0.2, 0.25) is 5.02 Å². The fourth-order valence-electron chi connectivity index (χ4n) is 2.33. The number of amides is 1. The molecule has 1 amide bonds. The van der Waals surface area contributed by atoms with Crippen LogP contribution < -0.4 is 5.32 Å². The number of aryl methyl sites for hydroxylation is 1. The van der Waals surface area contributed by atoms with Crippen LogP contribution in [-0.4, -0.2) is 20.6 Å². The summed E-state index contributed by atoms with van der Waals surface area (Å²) in [7, 11) is -3.49. The molecule has 24 heavy (non-hydrogen) atoms. The van der Waals surface area contributed by atoms with E-state index < -0.39 is 9.84 Å². The number of rotatable bonds is 5. The maximum absolute atomic E-state index is 12.4. The number of benzene rings is 2. The van der Waals surface area contributed by atoms with Gasteiger partial charge in [0.05, 0.1) is 16.0 Å². The van der Waals surface area contributed by atoms with Gasteiger partial charge in [-0.25, -0.2) is 8.42 Å². The number of nitrogens with one attached hydrogen (secondary N) is 1. The monoisotopic (exact) mass is 365 g/mol. The number of sulfone groups is 1. The zero-order valence-corrected chi connectivity index (χ0v) is 15.4. The molecule has 0 fully saturated rings. The molecule has 1 atom stereocenters. The highest BCUT2D eigenvalue weighted by molar-refractivity contribution is 7.90. The fraction of sp³-hybridized carbons (Fsp3) is 0.278. The minimum absolute atomic E-state index is 0.0447. The van der Waals surface area contributed by atoms with Crippen molar-refractivity contribution in [3.63, 3.8) is 0 Å². The van der Waals surface area contributed by atoms with E-state index in [1.807, 2.05) is 31.2 Å². The van der Waals surface area contributed by atoms with E-state index in [1.54, 1.807) is 0 Å². The van der Waals surface area contributed by atoms with Gasteiger partial charge < -0.3 is 5.32 Å². The number of halogens is 1. The van der Waals surface area contributed by atoms with Crippen LogP contribution in [0, 0.1) is 0 Å². The summed E-state index contributed by atoms with van der Waals surface area (Å²) in [5.41, 5.74) is 2.47. The zero-order valence-electron chi connectivity index (χ0n) is 13.8. The molecule has 1 unspecified atom stereocenters. The van der Waals surface area contributed by atoms with Crippen molar-refractivity contribution in [1.29, 1.82) is 0 Å². The molecule has 0 saturated carbocycles. The van der Waals surface area contributed by atoms with Crippen molar-refractivity contribution in [1.82, 2.24) is 5.32 Å². The van der Waals surface area contributed by atoms with Crippen LogP contribution in [0.3, 0.4) is 0 Å². The van der Waals surface area contributed by atoms with Crippen LogP contribution in [0.25, 0.3) is 0 Å². The molecule has 0 aromatic heterocycles. The largest absolute Gasteiger partial charge is 0.346 e. The van der Waals surface area contributed by atoms with Crippen molar-refractivity contribution in [2.45, 2.75) is 31.2 Å². The molecule has 0 aliphatic rings. The highest BCUT2D eigenvalue weighted by Crippen LogP contribution is 2.23. The zero-order chi connectivity index (χ0) is 17.9. The van der Waals surface area contributed by atoms with Gasteiger partial charge in [0, 0.05) is 11.8 Å². The molecule has 4 nitrogen and oxygen atoms in total. The maximum Gasteiger partial charge on any atom is 0.251 e. The maximum atomic E-state index is 12.4. The Labute approximate surface area is 147 Å². The van der Waals surface area contributed by atoms with E-state index in [-0.39, 0.29) is 27.4 Å². The highest BCUT2D eigenvalue weighted by atomic mass is 35.5. The van der Waals surface area contributed by atoms with Crippen molar-refractivity contribution in [3.8, 4) is 0 Å². The summed E-state index contributed by atoms with van der Waals surface area (Å²) in [6.07, 6.45) is 2.02. The number of hydrogen-bond acceptors (Lipinski definition) is 3. The Morgan fingerprint density at radius 2 is 1.79 bits per heavy atom. The van der Waals surface area contributed by atoms with Gasteiger partial charge in [0.2, 0.25) is 0 Å². The number of carbonyl (C=O) groups excluding carboxylic acids is 1. The first-order chi connectivity index (χ1) is 11.2. The van der Waals surface area contributed by atoms with Crippen molar-refractivity contribution in [3.05, 3.63) is 64.2 Å². The van der Waals surface area contributed by atoms with Crippen LogP contribution in [0.1, 0.15) is 41.4 Å². The molecule has 6 heteroatoms. The molecule has 0 radical (unpaired) electrons. The molecule has 0 aliphatic heterocycles. The molecule has 128 valence electrons. The van der Waals surface area contributed by atoms with E-state index >= 15 is 0 Å². The standard InChI is InChI=1S/C18H20ClNO3S/c1-4-13-5-7-14(8-6-13)12(2)20-18(21)15-9-10-16(19)17(11-15)24(3,22)23/h5-12H,4H2,1-3H3,(H,20,21). The lowest BCUT2D eigenvalue weighted by atomic mass is 10.0. The van der Waals surface area contributed by atoms with Crippen LogP contribution in [0.15, 0.2) is 47.4 Å². The second kappa shape index (κ2) is 7.36. The number of hydrogen-bond donors (Lipinski definition) is 1. The van der Waals surface area contributed by atoms with Crippen molar-refractivity contribution in [2.24, 2.45) is 0 Å². The number of carbonyl (C=O) groups is 1. The van der Waals surface area contributed by atoms with Crippen LogP contribution >= 0.6 is 11.6 Å². The van der Waals surface area contributed by atoms with Crippen molar-refractivity contribution >= 4 is 27.3 Å². The van der Waals surface area contributed by atoms with E-state index in [1.165, 1.54) is 23.8 Å². The van der Waals surface area contributed by atoms with Crippen LogP contribution in [0.4, 0.5) is 0 Å². The van der Waals surface area contributed by atoms with Gasteiger partial charge in [-0.1, -0.05) is 42.8 Å². The summed E-state index contributed by atoms with van der Waals surface area (Å²) < 4.78 is 23.4. The molecule has 2 aromatic carbocycles. The van der Waals surface area contributed by atoms with E-state index in [9.17, 15) is 13.2 Å². The van der Waals surface area contributed by atoms with Gasteiger partial charge in [0.15, 0.2) is 9.84 Å². The summed E-state index contributed by atoms with van der Waals surface area (Å²) in [5.74, 6) is -0.344. The summed E-state index contributed by atoms with van der Waals surface area (Å²) >= 11 is 5.90. The highest BCUT2D eigenvalue weighted by Gasteiger charge is 2.17. The second-order valence-corrected chi connectivity index (χ2v) is 8.10. The lowest BCUT2D eigenvalue weighted by Crippen LogP contribution is -2.26. The SMILES string of the molecule is CCc1ccc(C(C)NC(=O)c2ccc(Cl)c(S(C)(=O)=O)c2)cc1. The van der Waals surface area contributed by atoms with Gasteiger partial charge in [-0.2, -0.15) is 0 Å². The van der Waals surface area contributed by atoms with Crippen LogP contribution in [0.5, 0.6) is 0 Å². The molecule has 0 bridgehead atoms. The van der Waals surface area contributed by atoms with Crippen molar-refractivity contribution < 1.29 is 13.2 Å². The van der Waals surface area contributed by atoms with Crippen molar-refractivity contribution in [2.75, 3.05) is 6.26 Å². The van der Waals surface area contributed by atoms with Gasteiger partial charge >= 0.3 is 0 Å². The predicted octanol–water partition coefficient (Wildman–Crippen LogP) is 3.80. The first kappa shape index (κ1) is 18.5. The lowest BCUT2D eigenvalue weighted by molar-refractivity contribution is 0.0939. The molecule has 1 N–H and O–H groups in total. The smallest absolute Gasteiger partial charge is 0.251 e. The third-order valence-corrected chi connectivity index (χ3v) is 5.41. The van der Waals surface area contributed by atoms with Gasteiger partial charge in [-0.05, 0) is 42.7 Å². The molecule has 0 heterocycles. The average molecular weight is 366 g/mol. The van der Waals surface area contributed by atoms with Gasteiger partial charge in [0.25, 0.3) is 5.91 Å². The Morgan fingerprint density at radius 1 is 1.17 bits per heavy atom. The van der Waals surface area contributed by atoms with Crippen LogP contribution in [-0.2, 0) is 16.3 Å². The quantitative estimate of drug-likeness (QED) is 0.876. The Bertz CT molecular complexity index is 845. The predicted molar refractivity (Wildman–Crippen MR) is 96.3 cm³/mol. The Kier molecular flexibility index (Phi) is 5.67. The molecule has 0 spiro atoms.